The highest BCUT2D eigenvalue weighted by Gasteiger charge is 2.25. The molecule has 0 saturated carbocycles. The fourth-order valence-electron chi connectivity index (χ4n) is 10.0. The van der Waals surface area contributed by atoms with E-state index in [1.807, 2.05) is 0 Å². The molecule has 0 N–H and O–H groups in total. The molecule has 0 saturated heterocycles. The number of fused-ring (bicyclic) bond motifs is 14. The van der Waals surface area contributed by atoms with E-state index >= 15 is 0 Å². The van der Waals surface area contributed by atoms with Crippen LogP contribution in [0, 0.1) is 0 Å². The van der Waals surface area contributed by atoms with E-state index in [0.29, 0.717) is 0 Å². The van der Waals surface area contributed by atoms with Crippen LogP contribution in [0.5, 0.6) is 0 Å². The first-order valence-electron chi connectivity index (χ1n) is 20.0. The van der Waals surface area contributed by atoms with Gasteiger partial charge in [0, 0.05) is 65.8 Å². The van der Waals surface area contributed by atoms with E-state index in [9.17, 15) is 0 Å². The Labute approximate surface area is 333 Å². The molecule has 0 aliphatic heterocycles. The Balaban J connectivity index is 1.26. The van der Waals surface area contributed by atoms with Crippen LogP contribution >= 0.6 is 0 Å². The van der Waals surface area contributed by atoms with Gasteiger partial charge in [0.25, 0.3) is 0 Å². The summed E-state index contributed by atoms with van der Waals surface area (Å²) in [7, 11) is 0. The van der Waals surface area contributed by atoms with Crippen molar-refractivity contribution < 1.29 is 0 Å². The summed E-state index contributed by atoms with van der Waals surface area (Å²) in [6.07, 6.45) is 0. The van der Waals surface area contributed by atoms with Gasteiger partial charge in [0.05, 0.1) is 44.1 Å². The van der Waals surface area contributed by atoms with E-state index in [1.54, 1.807) is 0 Å². The highest BCUT2D eigenvalue weighted by Crippen LogP contribution is 2.47. The maximum atomic E-state index is 2.51. The molecule has 4 aromatic heterocycles. The molecule has 0 aliphatic carbocycles. The van der Waals surface area contributed by atoms with Crippen LogP contribution < -0.4 is 0 Å². The smallest absolute Gasteiger partial charge is 0.0642 e. The zero-order chi connectivity index (χ0) is 37.9. The zero-order valence-electron chi connectivity index (χ0n) is 31.4. The lowest BCUT2D eigenvalue weighted by Crippen LogP contribution is -1.96. The summed E-state index contributed by atoms with van der Waals surface area (Å²) in [5, 5.41) is 9.93. The lowest BCUT2D eigenvalue weighted by atomic mass is 10.0. The van der Waals surface area contributed by atoms with Gasteiger partial charge in [-0.25, -0.2) is 0 Å². The van der Waals surface area contributed by atoms with Gasteiger partial charge < -0.3 is 18.3 Å². The number of nitrogens with zero attached hydrogens (tertiary/aromatic N) is 4. The Morgan fingerprint density at radius 3 is 1.05 bits per heavy atom. The number of benzene rings is 9. The molecule has 4 heterocycles. The van der Waals surface area contributed by atoms with Crippen molar-refractivity contribution in [2.45, 2.75) is 0 Å². The van der Waals surface area contributed by atoms with Crippen molar-refractivity contribution in [1.82, 2.24) is 18.3 Å². The summed E-state index contributed by atoms with van der Waals surface area (Å²) < 4.78 is 9.88. The predicted molar refractivity (Wildman–Crippen MR) is 244 cm³/mol. The summed E-state index contributed by atoms with van der Waals surface area (Å²) in [5.41, 5.74) is 14.1. The maximum absolute atomic E-state index is 2.51. The summed E-state index contributed by atoms with van der Waals surface area (Å²) in [6.45, 7) is 0. The van der Waals surface area contributed by atoms with Gasteiger partial charge in [0.1, 0.15) is 0 Å². The fourth-order valence-corrected chi connectivity index (χ4v) is 10.0. The third kappa shape index (κ3) is 4.18. The molecule has 0 fully saturated rings. The van der Waals surface area contributed by atoms with Gasteiger partial charge in [-0.1, -0.05) is 121 Å². The van der Waals surface area contributed by atoms with E-state index in [2.05, 4.69) is 225 Å². The van der Waals surface area contributed by atoms with Crippen LogP contribution in [-0.4, -0.2) is 18.3 Å². The second-order valence-corrected chi connectivity index (χ2v) is 15.3. The van der Waals surface area contributed by atoms with Gasteiger partial charge in [0.2, 0.25) is 0 Å². The molecule has 58 heavy (non-hydrogen) atoms. The third-order valence-corrected chi connectivity index (χ3v) is 12.3. The Kier molecular flexibility index (Phi) is 6.41. The Hall–Kier alpha value is -7.82. The first kappa shape index (κ1) is 31.4. The van der Waals surface area contributed by atoms with Crippen molar-refractivity contribution in [3.8, 4) is 22.7 Å². The van der Waals surface area contributed by atoms with Crippen LogP contribution in [0.4, 0.5) is 0 Å². The molecule has 0 radical (unpaired) electrons. The van der Waals surface area contributed by atoms with Crippen LogP contribution in [-0.2, 0) is 0 Å². The van der Waals surface area contributed by atoms with E-state index < -0.39 is 0 Å². The Bertz CT molecular complexity index is 3720. The first-order chi connectivity index (χ1) is 28.8. The predicted octanol–water partition coefficient (Wildman–Crippen LogP) is 14.1. The molecule has 9 aromatic carbocycles. The topological polar surface area (TPSA) is 19.7 Å². The average Bonchev–Trinajstić information content (AvgIpc) is 4.02. The molecule has 0 unspecified atom stereocenters. The second kappa shape index (κ2) is 11.8. The van der Waals surface area contributed by atoms with Gasteiger partial charge in [-0.2, -0.15) is 0 Å². The molecular formula is C54H34N4. The van der Waals surface area contributed by atoms with Gasteiger partial charge >= 0.3 is 0 Å². The van der Waals surface area contributed by atoms with Gasteiger partial charge in [0.15, 0.2) is 0 Å². The van der Waals surface area contributed by atoms with Crippen LogP contribution in [0.3, 0.4) is 0 Å². The molecular weight excluding hydrogens is 705 g/mol. The summed E-state index contributed by atoms with van der Waals surface area (Å²) >= 11 is 0. The highest BCUT2D eigenvalue weighted by molar-refractivity contribution is 6.33. The van der Waals surface area contributed by atoms with Crippen LogP contribution in [0.1, 0.15) is 0 Å². The summed E-state index contributed by atoms with van der Waals surface area (Å²) in [6, 6.07) is 75.4. The lowest BCUT2D eigenvalue weighted by Gasteiger charge is -2.11. The van der Waals surface area contributed by atoms with Crippen molar-refractivity contribution in [2.75, 3.05) is 0 Å². The monoisotopic (exact) mass is 738 g/mol. The van der Waals surface area contributed by atoms with E-state index in [0.717, 1.165) is 22.7 Å². The quantitative estimate of drug-likeness (QED) is 0.171. The molecule has 0 bridgehead atoms. The SMILES string of the molecule is c1ccc(-n2c3ccc4c5ccccc5n(-c5ccccc5)c4c3c3c2ccc2c4cc(-n5c6ccccc6c6ccccc65)ccc4n(-c4ccccc4)c23)cc1. The van der Waals surface area contributed by atoms with Gasteiger partial charge in [-0.15, -0.1) is 0 Å². The van der Waals surface area contributed by atoms with Crippen LogP contribution in [0.2, 0.25) is 0 Å². The van der Waals surface area contributed by atoms with Crippen LogP contribution in [0.15, 0.2) is 206 Å². The number of rotatable bonds is 4. The fraction of sp³-hybridized carbons (Fsp3) is 0. The van der Waals surface area contributed by atoms with Crippen LogP contribution in [0.25, 0.3) is 110 Å². The molecule has 13 aromatic rings. The molecule has 13 rings (SSSR count). The Morgan fingerprint density at radius 2 is 0.552 bits per heavy atom. The molecule has 0 spiro atoms. The minimum absolute atomic E-state index is 1.14. The minimum atomic E-state index is 1.14. The van der Waals surface area contributed by atoms with E-state index in [-0.39, 0.29) is 0 Å². The van der Waals surface area contributed by atoms with Crippen molar-refractivity contribution in [2.24, 2.45) is 0 Å². The first-order valence-corrected chi connectivity index (χ1v) is 20.0. The molecule has 0 aliphatic rings. The summed E-state index contributed by atoms with van der Waals surface area (Å²) in [5.74, 6) is 0. The van der Waals surface area contributed by atoms with Crippen molar-refractivity contribution >= 4 is 87.2 Å². The van der Waals surface area contributed by atoms with Crippen molar-refractivity contribution in [3.05, 3.63) is 206 Å². The Morgan fingerprint density at radius 1 is 0.207 bits per heavy atom. The van der Waals surface area contributed by atoms with Crippen molar-refractivity contribution in [1.29, 1.82) is 0 Å². The molecule has 4 nitrogen and oxygen atoms in total. The third-order valence-electron chi connectivity index (χ3n) is 12.3. The van der Waals surface area contributed by atoms with Gasteiger partial charge in [-0.3, -0.25) is 0 Å². The average molecular weight is 739 g/mol. The number of hydrogen-bond acceptors (Lipinski definition) is 0. The molecule has 270 valence electrons. The number of aromatic nitrogens is 4. The zero-order valence-corrected chi connectivity index (χ0v) is 31.4. The maximum Gasteiger partial charge on any atom is 0.0642 e. The minimum Gasteiger partial charge on any atom is -0.309 e. The second-order valence-electron chi connectivity index (χ2n) is 15.3. The molecule has 0 atom stereocenters. The standard InChI is InChI=1S/C54H34N4/c1-4-16-35(17-5-1)55-49-32-29-42-41-24-12-15-27-47(41)57(36-18-6-2-7-19-36)53(42)51(49)52-50(55)33-30-43-44-34-38(28-31-48(44)58(54(43)52)37-20-8-3-9-21-37)56-45-25-13-10-22-39(45)40-23-11-14-26-46(40)56/h1-34H. The highest BCUT2D eigenvalue weighted by atomic mass is 15.0. The number of para-hydroxylation sites is 6. The van der Waals surface area contributed by atoms with Crippen molar-refractivity contribution in [3.63, 3.8) is 0 Å². The van der Waals surface area contributed by atoms with Gasteiger partial charge in [-0.05, 0) is 84.9 Å². The summed E-state index contributed by atoms with van der Waals surface area (Å²) in [4.78, 5) is 0. The largest absolute Gasteiger partial charge is 0.309 e. The normalized spacial score (nSPS) is 12.1. The lowest BCUT2D eigenvalue weighted by molar-refractivity contribution is 1.17. The molecule has 0 amide bonds. The van der Waals surface area contributed by atoms with E-state index in [1.165, 1.54) is 87.2 Å². The van der Waals surface area contributed by atoms with E-state index in [4.69, 9.17) is 0 Å². The molecule has 4 heteroatoms. The number of hydrogen-bond donors (Lipinski definition) is 0.